The van der Waals surface area contributed by atoms with Crippen molar-refractivity contribution in [1.29, 1.82) is 0 Å². The lowest BCUT2D eigenvalue weighted by atomic mass is 10.0. The molecule has 0 bridgehead atoms. The number of benzene rings is 5. The van der Waals surface area contributed by atoms with Gasteiger partial charge in [-0.2, -0.15) is 0 Å². The van der Waals surface area contributed by atoms with Gasteiger partial charge in [0.05, 0.1) is 12.1 Å². The van der Waals surface area contributed by atoms with E-state index in [1.807, 2.05) is 48.5 Å². The maximum Gasteiger partial charge on any atom is 0.251 e. The molecule has 0 aromatic heterocycles. The Labute approximate surface area is 235 Å². The summed E-state index contributed by atoms with van der Waals surface area (Å²) in [6.07, 6.45) is -0.112. The minimum Gasteiger partial charge on any atom is -0.390 e. The minimum absolute atomic E-state index is 0.182. The smallest absolute Gasteiger partial charge is 0.251 e. The monoisotopic (exact) mass is 524 g/mol. The summed E-state index contributed by atoms with van der Waals surface area (Å²) < 4.78 is 0. The van der Waals surface area contributed by atoms with Crippen molar-refractivity contribution in [3.05, 3.63) is 155 Å². The van der Waals surface area contributed by atoms with Crippen molar-refractivity contribution in [2.45, 2.75) is 31.7 Å². The second kappa shape index (κ2) is 11.7. The van der Waals surface area contributed by atoms with Crippen molar-refractivity contribution in [3.8, 4) is 22.3 Å². The van der Waals surface area contributed by atoms with Gasteiger partial charge in [-0.1, -0.05) is 109 Å². The Balaban J connectivity index is 1.10. The molecule has 0 radical (unpaired) electrons. The molecule has 1 amide bonds. The molecule has 198 valence electrons. The van der Waals surface area contributed by atoms with Gasteiger partial charge in [-0.15, -0.1) is 0 Å². The molecule has 4 heteroatoms. The van der Waals surface area contributed by atoms with Crippen LogP contribution in [0.4, 0.5) is 0 Å². The average Bonchev–Trinajstić information content (AvgIpc) is 3.32. The van der Waals surface area contributed by atoms with Crippen LogP contribution in [0.5, 0.6) is 0 Å². The lowest BCUT2D eigenvalue weighted by Gasteiger charge is -2.19. The highest BCUT2D eigenvalue weighted by Gasteiger charge is 2.32. The van der Waals surface area contributed by atoms with Crippen LogP contribution in [0, 0.1) is 0 Å². The molecule has 1 aliphatic rings. The first-order chi connectivity index (χ1) is 19.6. The average molecular weight is 525 g/mol. The topological polar surface area (TPSA) is 61.4 Å². The van der Waals surface area contributed by atoms with Crippen molar-refractivity contribution >= 4 is 5.91 Å². The van der Waals surface area contributed by atoms with Gasteiger partial charge in [-0.25, -0.2) is 0 Å². The second-order valence-electron chi connectivity index (χ2n) is 10.4. The molecule has 2 atom stereocenters. The molecule has 0 fully saturated rings. The van der Waals surface area contributed by atoms with Crippen LogP contribution in [0.3, 0.4) is 0 Å². The highest BCUT2D eigenvalue weighted by Crippen LogP contribution is 2.33. The Bertz CT molecular complexity index is 1600. The second-order valence-corrected chi connectivity index (χ2v) is 10.4. The van der Waals surface area contributed by atoms with E-state index < -0.39 is 12.1 Å². The minimum atomic E-state index is -0.647. The van der Waals surface area contributed by atoms with Gasteiger partial charge in [0.25, 0.3) is 5.91 Å². The molecular formula is C36H32N2O2. The number of aliphatic hydroxyl groups excluding tert-OH is 1. The summed E-state index contributed by atoms with van der Waals surface area (Å²) in [6, 6.07) is 42.5. The van der Waals surface area contributed by atoms with Crippen molar-refractivity contribution in [3.63, 3.8) is 0 Å². The van der Waals surface area contributed by atoms with E-state index in [4.69, 9.17) is 0 Å². The standard InChI is InChI=1S/C36H32N2O2/c39-34-22-32-15-14-26(24-37-23-25-8-7-13-31(20-25)28-11-5-2-6-12-28)21-33(32)35(34)38-36(40)30-18-16-29(17-19-30)27-9-3-1-4-10-27/h1-21,34-35,37,39H,22-24H2,(H,38,40)/t34-,35-/m1/s1. The number of carbonyl (C=O) groups excluding carboxylic acids is 1. The highest BCUT2D eigenvalue weighted by molar-refractivity contribution is 5.95. The number of nitrogens with one attached hydrogen (secondary N) is 2. The van der Waals surface area contributed by atoms with Gasteiger partial charge in [0.15, 0.2) is 0 Å². The van der Waals surface area contributed by atoms with E-state index >= 15 is 0 Å². The number of hydrogen-bond acceptors (Lipinski definition) is 3. The lowest BCUT2D eigenvalue weighted by Crippen LogP contribution is -2.33. The quantitative estimate of drug-likeness (QED) is 0.212. The Morgan fingerprint density at radius 1 is 0.650 bits per heavy atom. The van der Waals surface area contributed by atoms with Gasteiger partial charge in [0.2, 0.25) is 0 Å². The van der Waals surface area contributed by atoms with Crippen molar-refractivity contribution < 1.29 is 9.90 Å². The van der Waals surface area contributed by atoms with Crippen LogP contribution in [0.15, 0.2) is 127 Å². The normalized spacial score (nSPS) is 15.9. The predicted molar refractivity (Wildman–Crippen MR) is 161 cm³/mol. The zero-order chi connectivity index (χ0) is 27.3. The molecule has 5 aromatic rings. The number of fused-ring (bicyclic) bond motifs is 1. The molecule has 0 spiro atoms. The first-order valence-electron chi connectivity index (χ1n) is 13.8. The van der Waals surface area contributed by atoms with Crippen LogP contribution in [0.25, 0.3) is 22.3 Å². The third-order valence-electron chi connectivity index (χ3n) is 7.59. The third kappa shape index (κ3) is 5.74. The first kappa shape index (κ1) is 25.8. The van der Waals surface area contributed by atoms with E-state index in [0.717, 1.165) is 34.4 Å². The molecule has 0 saturated heterocycles. The van der Waals surface area contributed by atoms with Gasteiger partial charge < -0.3 is 15.7 Å². The fraction of sp³-hybridized carbons (Fsp3) is 0.139. The van der Waals surface area contributed by atoms with E-state index in [-0.39, 0.29) is 5.91 Å². The number of carbonyl (C=O) groups is 1. The summed E-state index contributed by atoms with van der Waals surface area (Å²) in [4.78, 5) is 13.1. The number of rotatable bonds is 8. The maximum atomic E-state index is 13.1. The van der Waals surface area contributed by atoms with Crippen LogP contribution in [-0.4, -0.2) is 17.1 Å². The summed E-state index contributed by atoms with van der Waals surface area (Å²) in [7, 11) is 0. The third-order valence-corrected chi connectivity index (χ3v) is 7.59. The summed E-state index contributed by atoms with van der Waals surface area (Å²) in [5, 5.41) is 17.4. The van der Waals surface area contributed by atoms with Crippen molar-refractivity contribution in [2.24, 2.45) is 0 Å². The molecule has 0 unspecified atom stereocenters. The molecule has 0 heterocycles. The van der Waals surface area contributed by atoms with Crippen LogP contribution >= 0.6 is 0 Å². The molecule has 6 rings (SSSR count). The summed E-state index contributed by atoms with van der Waals surface area (Å²) in [6.45, 7) is 1.44. The molecule has 0 aliphatic heterocycles. The van der Waals surface area contributed by atoms with Crippen molar-refractivity contribution in [1.82, 2.24) is 10.6 Å². The number of hydrogen-bond donors (Lipinski definition) is 3. The Kier molecular flexibility index (Phi) is 7.53. The van der Waals surface area contributed by atoms with Gasteiger partial charge in [-0.05, 0) is 62.7 Å². The first-order valence-corrected chi connectivity index (χ1v) is 13.8. The Morgan fingerprint density at radius 2 is 1.25 bits per heavy atom. The van der Waals surface area contributed by atoms with Crippen LogP contribution in [0.2, 0.25) is 0 Å². The molecule has 1 aliphatic carbocycles. The maximum absolute atomic E-state index is 13.1. The van der Waals surface area contributed by atoms with Gasteiger partial charge in [0.1, 0.15) is 0 Å². The van der Waals surface area contributed by atoms with Gasteiger partial charge in [-0.3, -0.25) is 4.79 Å². The van der Waals surface area contributed by atoms with E-state index in [1.54, 1.807) is 0 Å². The van der Waals surface area contributed by atoms with Crippen LogP contribution < -0.4 is 10.6 Å². The molecule has 4 nitrogen and oxygen atoms in total. The van der Waals surface area contributed by atoms with Gasteiger partial charge >= 0.3 is 0 Å². The fourth-order valence-electron chi connectivity index (χ4n) is 5.47. The fourth-order valence-corrected chi connectivity index (χ4v) is 5.47. The van der Waals surface area contributed by atoms with Gasteiger partial charge in [0, 0.05) is 25.1 Å². The van der Waals surface area contributed by atoms with Crippen LogP contribution in [0.1, 0.15) is 38.7 Å². The Hall–Kier alpha value is -4.51. The van der Waals surface area contributed by atoms with E-state index in [2.05, 4.69) is 89.5 Å². The zero-order valence-electron chi connectivity index (χ0n) is 22.3. The number of amides is 1. The summed E-state index contributed by atoms with van der Waals surface area (Å²) >= 11 is 0. The lowest BCUT2D eigenvalue weighted by molar-refractivity contribution is 0.0858. The Morgan fingerprint density at radius 3 is 1.95 bits per heavy atom. The van der Waals surface area contributed by atoms with E-state index in [0.29, 0.717) is 18.5 Å². The summed E-state index contributed by atoms with van der Waals surface area (Å²) in [5.41, 5.74) is 9.59. The van der Waals surface area contributed by atoms with E-state index in [9.17, 15) is 9.90 Å². The molecular weight excluding hydrogens is 492 g/mol. The molecule has 40 heavy (non-hydrogen) atoms. The molecule has 3 N–H and O–H groups in total. The summed E-state index contributed by atoms with van der Waals surface area (Å²) in [5.74, 6) is -0.182. The molecule has 0 saturated carbocycles. The van der Waals surface area contributed by atoms with Crippen LogP contribution in [-0.2, 0) is 19.5 Å². The molecule has 5 aromatic carbocycles. The largest absolute Gasteiger partial charge is 0.390 e. The zero-order valence-corrected chi connectivity index (χ0v) is 22.3. The SMILES string of the molecule is O=C(N[C@@H]1c2cc(CNCc3cccc(-c4ccccc4)c3)ccc2C[C@H]1O)c1ccc(-c2ccccc2)cc1. The van der Waals surface area contributed by atoms with Crippen molar-refractivity contribution in [2.75, 3.05) is 0 Å². The number of aliphatic hydroxyl groups is 1. The highest BCUT2D eigenvalue weighted by atomic mass is 16.3. The van der Waals surface area contributed by atoms with E-state index in [1.165, 1.54) is 16.7 Å². The predicted octanol–water partition coefficient (Wildman–Crippen LogP) is 6.70.